The van der Waals surface area contributed by atoms with Crippen LogP contribution in [0, 0.1) is 13.8 Å². The first kappa shape index (κ1) is 22.4. The normalized spacial score (nSPS) is 10.8. The topological polar surface area (TPSA) is 59.9 Å². The molecule has 0 atom stereocenters. The van der Waals surface area contributed by atoms with E-state index >= 15 is 0 Å². The van der Waals surface area contributed by atoms with Crippen molar-refractivity contribution in [2.45, 2.75) is 20.8 Å². The van der Waals surface area contributed by atoms with Crippen molar-refractivity contribution in [3.05, 3.63) is 82.4 Å². The third-order valence-corrected chi connectivity index (χ3v) is 4.85. The van der Waals surface area contributed by atoms with E-state index in [1.54, 1.807) is 12.3 Å². The fourth-order valence-electron chi connectivity index (χ4n) is 2.87. The molecule has 31 heavy (non-hydrogen) atoms. The summed E-state index contributed by atoms with van der Waals surface area (Å²) in [6, 6.07) is 18.7. The number of rotatable bonds is 8. The van der Waals surface area contributed by atoms with Gasteiger partial charge >= 0.3 is 0 Å². The smallest absolute Gasteiger partial charge is 0.262 e. The molecule has 0 saturated carbocycles. The number of halogens is 1. The van der Waals surface area contributed by atoms with Crippen LogP contribution in [0.15, 0.2) is 65.7 Å². The molecular formula is C25H25ClN2O3. The summed E-state index contributed by atoms with van der Waals surface area (Å²) in [5.74, 6) is 0.809. The lowest BCUT2D eigenvalue weighted by Crippen LogP contribution is -2.20. The maximum atomic E-state index is 12.2. The lowest BCUT2D eigenvalue weighted by molar-refractivity contribution is -0.118. The van der Waals surface area contributed by atoms with Gasteiger partial charge in [0.1, 0.15) is 0 Å². The van der Waals surface area contributed by atoms with Gasteiger partial charge in [-0.25, -0.2) is 0 Å². The number of nitrogens with zero attached hydrogens (tertiary/aromatic N) is 1. The predicted molar refractivity (Wildman–Crippen MR) is 126 cm³/mol. The lowest BCUT2D eigenvalue weighted by atomic mass is 10.2. The van der Waals surface area contributed by atoms with Crippen LogP contribution in [-0.4, -0.2) is 25.3 Å². The highest BCUT2D eigenvalue weighted by Crippen LogP contribution is 2.29. The quantitative estimate of drug-likeness (QED) is 0.432. The SMILES string of the molecule is CCOc1cc(C=Nc2ccc(C)c(Cl)c2)ccc1OCC(=O)Nc1cccc(C)c1. The first-order valence-electron chi connectivity index (χ1n) is 10.0. The fourth-order valence-corrected chi connectivity index (χ4v) is 3.04. The number of aliphatic imine (C=N–C) groups is 1. The molecule has 3 aromatic carbocycles. The highest BCUT2D eigenvalue weighted by Gasteiger charge is 2.09. The van der Waals surface area contributed by atoms with Gasteiger partial charge in [0.2, 0.25) is 0 Å². The zero-order chi connectivity index (χ0) is 22.2. The Morgan fingerprint density at radius 3 is 2.61 bits per heavy atom. The molecule has 0 saturated heterocycles. The maximum absolute atomic E-state index is 12.2. The minimum Gasteiger partial charge on any atom is -0.490 e. The molecule has 0 fully saturated rings. The summed E-state index contributed by atoms with van der Waals surface area (Å²) in [7, 11) is 0. The molecule has 0 radical (unpaired) electrons. The average molecular weight is 437 g/mol. The standard InChI is InChI=1S/C25H25ClN2O3/c1-4-30-24-13-19(15-27-20-10-8-18(3)22(26)14-20)9-11-23(24)31-16-25(29)28-21-7-5-6-17(2)12-21/h5-15H,4,16H2,1-3H3,(H,28,29). The molecule has 0 aromatic heterocycles. The molecule has 0 aliphatic rings. The van der Waals surface area contributed by atoms with Crippen molar-refractivity contribution in [3.63, 3.8) is 0 Å². The van der Waals surface area contributed by atoms with Crippen molar-refractivity contribution in [2.24, 2.45) is 4.99 Å². The Kier molecular flexibility index (Phi) is 7.68. The highest BCUT2D eigenvalue weighted by molar-refractivity contribution is 6.31. The molecule has 160 valence electrons. The van der Waals surface area contributed by atoms with Crippen LogP contribution in [0.2, 0.25) is 5.02 Å². The summed E-state index contributed by atoms with van der Waals surface area (Å²) in [5.41, 5.74) is 4.43. The van der Waals surface area contributed by atoms with E-state index in [1.807, 2.05) is 75.4 Å². The molecule has 0 unspecified atom stereocenters. The van der Waals surface area contributed by atoms with Gasteiger partial charge < -0.3 is 14.8 Å². The second kappa shape index (κ2) is 10.6. The van der Waals surface area contributed by atoms with Gasteiger partial charge in [0.05, 0.1) is 12.3 Å². The Morgan fingerprint density at radius 2 is 1.87 bits per heavy atom. The Hall–Kier alpha value is -3.31. The van der Waals surface area contributed by atoms with Crippen molar-refractivity contribution in [2.75, 3.05) is 18.5 Å². The molecule has 0 aliphatic carbocycles. The number of carbonyl (C=O) groups excluding carboxylic acids is 1. The van der Waals surface area contributed by atoms with Crippen LogP contribution < -0.4 is 14.8 Å². The number of hydrogen-bond donors (Lipinski definition) is 1. The first-order chi connectivity index (χ1) is 14.9. The van der Waals surface area contributed by atoms with E-state index in [0.29, 0.717) is 23.1 Å². The van der Waals surface area contributed by atoms with Crippen LogP contribution in [0.3, 0.4) is 0 Å². The Bertz CT molecular complexity index is 1100. The van der Waals surface area contributed by atoms with Gasteiger partial charge in [0.15, 0.2) is 18.1 Å². The van der Waals surface area contributed by atoms with Gasteiger partial charge in [-0.1, -0.05) is 29.8 Å². The van der Waals surface area contributed by atoms with Crippen LogP contribution in [0.5, 0.6) is 11.5 Å². The Morgan fingerprint density at radius 1 is 1.03 bits per heavy atom. The summed E-state index contributed by atoms with van der Waals surface area (Å²) in [5, 5.41) is 3.50. The molecule has 3 rings (SSSR count). The summed E-state index contributed by atoms with van der Waals surface area (Å²) >= 11 is 6.16. The molecule has 1 amide bonds. The minimum absolute atomic E-state index is 0.122. The number of aryl methyl sites for hydroxylation is 2. The van der Waals surface area contributed by atoms with E-state index in [2.05, 4.69) is 10.3 Å². The van der Waals surface area contributed by atoms with E-state index in [0.717, 1.165) is 28.1 Å². The molecular weight excluding hydrogens is 412 g/mol. The number of anilines is 1. The molecule has 5 nitrogen and oxygen atoms in total. The predicted octanol–water partition coefficient (Wildman–Crippen LogP) is 6.12. The zero-order valence-corrected chi connectivity index (χ0v) is 18.6. The molecule has 0 aliphatic heterocycles. The Balaban J connectivity index is 1.67. The summed E-state index contributed by atoms with van der Waals surface area (Å²) in [6.45, 7) is 6.16. The Labute approximate surface area is 187 Å². The lowest BCUT2D eigenvalue weighted by Gasteiger charge is -2.13. The van der Waals surface area contributed by atoms with Crippen LogP contribution >= 0.6 is 11.6 Å². The largest absolute Gasteiger partial charge is 0.490 e. The monoisotopic (exact) mass is 436 g/mol. The van der Waals surface area contributed by atoms with Crippen molar-refractivity contribution >= 4 is 35.1 Å². The summed E-state index contributed by atoms with van der Waals surface area (Å²) in [6.07, 6.45) is 1.73. The van der Waals surface area contributed by atoms with E-state index in [4.69, 9.17) is 21.1 Å². The molecule has 0 heterocycles. The molecule has 3 aromatic rings. The molecule has 6 heteroatoms. The summed E-state index contributed by atoms with van der Waals surface area (Å²) < 4.78 is 11.4. The van der Waals surface area contributed by atoms with Crippen LogP contribution in [0.25, 0.3) is 0 Å². The van der Waals surface area contributed by atoms with E-state index in [9.17, 15) is 4.79 Å². The van der Waals surface area contributed by atoms with Crippen molar-refractivity contribution in [1.29, 1.82) is 0 Å². The number of amides is 1. The van der Waals surface area contributed by atoms with Gasteiger partial charge in [-0.05, 0) is 79.9 Å². The zero-order valence-electron chi connectivity index (χ0n) is 17.8. The second-order valence-corrected chi connectivity index (χ2v) is 7.44. The summed E-state index contributed by atoms with van der Waals surface area (Å²) in [4.78, 5) is 16.7. The van der Waals surface area contributed by atoms with Gasteiger partial charge in [-0.2, -0.15) is 0 Å². The number of carbonyl (C=O) groups is 1. The molecule has 1 N–H and O–H groups in total. The van der Waals surface area contributed by atoms with E-state index in [1.165, 1.54) is 0 Å². The fraction of sp³-hybridized carbons (Fsp3) is 0.200. The van der Waals surface area contributed by atoms with Crippen LogP contribution in [0.4, 0.5) is 11.4 Å². The van der Waals surface area contributed by atoms with Gasteiger partial charge in [0, 0.05) is 16.9 Å². The third-order valence-electron chi connectivity index (χ3n) is 4.45. The van der Waals surface area contributed by atoms with Crippen LogP contribution in [0.1, 0.15) is 23.6 Å². The number of nitrogens with one attached hydrogen (secondary N) is 1. The number of ether oxygens (including phenoxy) is 2. The van der Waals surface area contributed by atoms with Crippen molar-refractivity contribution < 1.29 is 14.3 Å². The van der Waals surface area contributed by atoms with Crippen molar-refractivity contribution in [3.8, 4) is 11.5 Å². The first-order valence-corrected chi connectivity index (χ1v) is 10.4. The molecule has 0 bridgehead atoms. The second-order valence-electron chi connectivity index (χ2n) is 7.04. The maximum Gasteiger partial charge on any atom is 0.262 e. The van der Waals surface area contributed by atoms with Gasteiger partial charge in [-0.3, -0.25) is 9.79 Å². The van der Waals surface area contributed by atoms with Gasteiger partial charge in [0.25, 0.3) is 5.91 Å². The highest BCUT2D eigenvalue weighted by atomic mass is 35.5. The number of benzene rings is 3. The minimum atomic E-state index is -0.241. The van der Waals surface area contributed by atoms with Crippen molar-refractivity contribution in [1.82, 2.24) is 0 Å². The molecule has 0 spiro atoms. The third kappa shape index (κ3) is 6.59. The van der Waals surface area contributed by atoms with Gasteiger partial charge in [-0.15, -0.1) is 0 Å². The van der Waals surface area contributed by atoms with E-state index in [-0.39, 0.29) is 12.5 Å². The van der Waals surface area contributed by atoms with E-state index < -0.39 is 0 Å². The number of hydrogen-bond acceptors (Lipinski definition) is 4. The average Bonchev–Trinajstić information content (AvgIpc) is 2.74. The van der Waals surface area contributed by atoms with Crippen LogP contribution in [-0.2, 0) is 4.79 Å².